The average Bonchev–Trinajstić information content (AvgIpc) is 3.13. The molecule has 124 valence electrons. The fourth-order valence-electron chi connectivity index (χ4n) is 3.17. The van der Waals surface area contributed by atoms with Gasteiger partial charge in [0, 0.05) is 12.1 Å². The van der Waals surface area contributed by atoms with Gasteiger partial charge in [-0.15, -0.1) is 15.3 Å². The van der Waals surface area contributed by atoms with E-state index in [1.807, 2.05) is 0 Å². The molecule has 24 heavy (non-hydrogen) atoms. The lowest BCUT2D eigenvalue weighted by atomic mass is 10.0. The first-order valence-electron chi connectivity index (χ1n) is 7.61. The van der Waals surface area contributed by atoms with E-state index in [2.05, 4.69) is 15.3 Å². The van der Waals surface area contributed by atoms with Crippen molar-refractivity contribution in [2.24, 2.45) is 0 Å². The second-order valence-corrected chi connectivity index (χ2v) is 5.93. The predicted octanol–water partition coefficient (Wildman–Crippen LogP) is 2.02. The minimum Gasteiger partial charge on any atom is -0.391 e. The summed E-state index contributed by atoms with van der Waals surface area (Å²) in [5.41, 5.74) is 0.818. The Balaban J connectivity index is 1.79. The van der Waals surface area contributed by atoms with Crippen LogP contribution in [0.4, 0.5) is 14.6 Å². The van der Waals surface area contributed by atoms with Crippen LogP contribution < -0.4 is 4.90 Å². The Morgan fingerprint density at radius 1 is 1.17 bits per heavy atom. The highest BCUT2D eigenvalue weighted by Crippen LogP contribution is 2.36. The monoisotopic (exact) mass is 331 g/mol. The van der Waals surface area contributed by atoms with Gasteiger partial charge in [0.2, 0.25) is 0 Å². The minimum atomic E-state index is -0.642. The van der Waals surface area contributed by atoms with Crippen molar-refractivity contribution in [1.29, 1.82) is 0 Å². The minimum absolute atomic E-state index is 0.217. The second-order valence-electron chi connectivity index (χ2n) is 5.93. The molecule has 6 nitrogen and oxygen atoms in total. The van der Waals surface area contributed by atoms with Gasteiger partial charge in [0.1, 0.15) is 17.5 Å². The Bertz CT molecular complexity index is 913. The molecule has 2 atom stereocenters. The van der Waals surface area contributed by atoms with Crippen molar-refractivity contribution in [3.8, 4) is 0 Å². The number of hydrogen-bond acceptors (Lipinski definition) is 5. The molecular formula is C16H15F2N5O. The molecule has 4 rings (SSSR count). The number of benzene rings is 1. The Labute approximate surface area is 136 Å². The Morgan fingerprint density at radius 3 is 2.83 bits per heavy atom. The lowest BCUT2D eigenvalue weighted by Gasteiger charge is -2.26. The average molecular weight is 331 g/mol. The number of aromatic nitrogens is 4. The molecule has 0 saturated carbocycles. The molecule has 3 aromatic rings. The summed E-state index contributed by atoms with van der Waals surface area (Å²) < 4.78 is 29.3. The number of aryl methyl sites for hydroxylation is 1. The van der Waals surface area contributed by atoms with Crippen molar-refractivity contribution in [2.45, 2.75) is 25.5 Å². The maximum absolute atomic E-state index is 14.2. The molecule has 1 aliphatic heterocycles. The third kappa shape index (κ3) is 2.39. The van der Waals surface area contributed by atoms with E-state index in [4.69, 9.17) is 0 Å². The normalized spacial score (nSPS) is 20.9. The van der Waals surface area contributed by atoms with Crippen molar-refractivity contribution in [2.75, 3.05) is 11.4 Å². The first kappa shape index (κ1) is 14.9. The van der Waals surface area contributed by atoms with Crippen LogP contribution in [0.2, 0.25) is 0 Å². The van der Waals surface area contributed by atoms with Crippen LogP contribution in [0.25, 0.3) is 5.65 Å². The highest BCUT2D eigenvalue weighted by Gasteiger charge is 2.35. The molecule has 0 bridgehead atoms. The summed E-state index contributed by atoms with van der Waals surface area (Å²) >= 11 is 0. The summed E-state index contributed by atoms with van der Waals surface area (Å²) in [6, 6.07) is 6.37. The number of aliphatic hydroxyl groups is 1. The molecular weight excluding hydrogens is 316 g/mol. The fraction of sp³-hybridized carbons (Fsp3) is 0.312. The smallest absolute Gasteiger partial charge is 0.178 e. The van der Waals surface area contributed by atoms with Gasteiger partial charge in [-0.2, -0.15) is 4.52 Å². The highest BCUT2D eigenvalue weighted by atomic mass is 19.1. The van der Waals surface area contributed by atoms with E-state index in [0.717, 1.165) is 12.1 Å². The van der Waals surface area contributed by atoms with Crippen LogP contribution in [-0.2, 0) is 0 Å². The lowest BCUT2D eigenvalue weighted by molar-refractivity contribution is 0.194. The van der Waals surface area contributed by atoms with Crippen LogP contribution >= 0.6 is 0 Å². The summed E-state index contributed by atoms with van der Waals surface area (Å²) in [4.78, 5) is 1.78. The lowest BCUT2D eigenvalue weighted by Crippen LogP contribution is -2.26. The van der Waals surface area contributed by atoms with Gasteiger partial charge in [-0.3, -0.25) is 0 Å². The molecule has 1 saturated heterocycles. The summed E-state index contributed by atoms with van der Waals surface area (Å²) in [5, 5.41) is 22.5. The van der Waals surface area contributed by atoms with Gasteiger partial charge in [-0.05, 0) is 43.7 Å². The quantitative estimate of drug-likeness (QED) is 0.778. The van der Waals surface area contributed by atoms with Crippen LogP contribution in [0.5, 0.6) is 0 Å². The number of β-amino-alcohol motifs (C(OH)–C–C–N with tert-alkyl or cyclic N) is 1. The van der Waals surface area contributed by atoms with Crippen LogP contribution in [-0.4, -0.2) is 37.6 Å². The van der Waals surface area contributed by atoms with Crippen molar-refractivity contribution >= 4 is 11.5 Å². The largest absolute Gasteiger partial charge is 0.391 e. The van der Waals surface area contributed by atoms with Gasteiger partial charge in [0.05, 0.1) is 12.1 Å². The summed E-state index contributed by atoms with van der Waals surface area (Å²) in [7, 11) is 0. The van der Waals surface area contributed by atoms with Crippen molar-refractivity contribution < 1.29 is 13.9 Å². The van der Waals surface area contributed by atoms with Gasteiger partial charge >= 0.3 is 0 Å². The van der Waals surface area contributed by atoms with Crippen LogP contribution in [0.1, 0.15) is 23.9 Å². The zero-order valence-electron chi connectivity index (χ0n) is 12.9. The Kier molecular flexibility index (Phi) is 3.42. The molecule has 8 heteroatoms. The van der Waals surface area contributed by atoms with Gasteiger partial charge in [-0.1, -0.05) is 0 Å². The van der Waals surface area contributed by atoms with E-state index in [1.165, 1.54) is 6.07 Å². The molecule has 0 spiro atoms. The van der Waals surface area contributed by atoms with E-state index in [1.54, 1.807) is 28.5 Å². The molecule has 0 radical (unpaired) electrons. The highest BCUT2D eigenvalue weighted by molar-refractivity contribution is 5.49. The number of hydrogen-bond donors (Lipinski definition) is 1. The van der Waals surface area contributed by atoms with Gasteiger partial charge in [0.15, 0.2) is 11.5 Å². The topological polar surface area (TPSA) is 66.5 Å². The maximum Gasteiger partial charge on any atom is 0.178 e. The van der Waals surface area contributed by atoms with Crippen LogP contribution in [0.15, 0.2) is 30.3 Å². The molecule has 3 heterocycles. The number of rotatable bonds is 2. The molecule has 2 aromatic heterocycles. The van der Waals surface area contributed by atoms with Gasteiger partial charge in [0.25, 0.3) is 0 Å². The Morgan fingerprint density at radius 2 is 2.00 bits per heavy atom. The third-order valence-electron chi connectivity index (χ3n) is 4.29. The number of halogens is 2. The van der Waals surface area contributed by atoms with Gasteiger partial charge in [-0.25, -0.2) is 8.78 Å². The molecule has 1 N–H and O–H groups in total. The SMILES string of the molecule is Cc1nnc2ccc(N3C[C@@H](O)C[C@@H]3c3cc(F)ccc3F)nn12. The maximum atomic E-state index is 14.2. The van der Waals surface area contributed by atoms with Crippen molar-refractivity contribution in [1.82, 2.24) is 19.8 Å². The summed E-state index contributed by atoms with van der Waals surface area (Å²) in [5.74, 6) is 0.170. The standard InChI is InChI=1S/C16H15F2N5O/c1-9-19-20-15-4-5-16(21-23(9)15)22-8-11(24)7-14(22)12-6-10(17)2-3-13(12)18/h2-6,11,14,24H,7-8H2,1H3/t11-,14+/m0/s1. The molecule has 1 fully saturated rings. The first-order valence-corrected chi connectivity index (χ1v) is 7.61. The van der Waals surface area contributed by atoms with Crippen LogP contribution in [0, 0.1) is 18.6 Å². The molecule has 0 amide bonds. The molecule has 1 aliphatic rings. The Hall–Kier alpha value is -2.61. The zero-order valence-corrected chi connectivity index (χ0v) is 12.9. The van der Waals surface area contributed by atoms with E-state index in [0.29, 0.717) is 30.3 Å². The van der Waals surface area contributed by atoms with E-state index < -0.39 is 23.8 Å². The van der Waals surface area contributed by atoms with E-state index >= 15 is 0 Å². The number of nitrogens with zero attached hydrogens (tertiary/aromatic N) is 5. The zero-order chi connectivity index (χ0) is 16.8. The van der Waals surface area contributed by atoms with Gasteiger partial charge < -0.3 is 10.0 Å². The fourth-order valence-corrected chi connectivity index (χ4v) is 3.17. The first-order chi connectivity index (χ1) is 11.5. The molecule has 0 unspecified atom stereocenters. The molecule has 0 aliphatic carbocycles. The summed E-state index contributed by atoms with van der Waals surface area (Å²) in [6.07, 6.45) is -0.335. The van der Waals surface area contributed by atoms with Crippen molar-refractivity contribution in [3.05, 3.63) is 53.4 Å². The number of anilines is 1. The van der Waals surface area contributed by atoms with Crippen LogP contribution in [0.3, 0.4) is 0 Å². The third-order valence-corrected chi connectivity index (χ3v) is 4.29. The van der Waals surface area contributed by atoms with E-state index in [-0.39, 0.29) is 5.56 Å². The van der Waals surface area contributed by atoms with E-state index in [9.17, 15) is 13.9 Å². The molecule has 1 aromatic carbocycles. The summed E-state index contributed by atoms with van der Waals surface area (Å²) in [6.45, 7) is 2.07. The number of aliphatic hydroxyl groups excluding tert-OH is 1. The van der Waals surface area contributed by atoms with Crippen molar-refractivity contribution in [3.63, 3.8) is 0 Å². The predicted molar refractivity (Wildman–Crippen MR) is 82.6 cm³/mol. The number of fused-ring (bicyclic) bond motifs is 1. The second kappa shape index (κ2) is 5.48.